The SMILES string of the molecule is COCCn1nnnc1-c1ccc(Cl)cc1N. The summed E-state index contributed by atoms with van der Waals surface area (Å²) in [6.07, 6.45) is 0. The number of nitrogens with two attached hydrogens (primary N) is 1. The Morgan fingerprint density at radius 2 is 2.29 bits per heavy atom. The van der Waals surface area contributed by atoms with E-state index in [1.807, 2.05) is 0 Å². The van der Waals surface area contributed by atoms with Crippen molar-refractivity contribution in [3.8, 4) is 11.4 Å². The van der Waals surface area contributed by atoms with Crippen LogP contribution in [0.1, 0.15) is 0 Å². The second-order valence-corrected chi connectivity index (χ2v) is 3.89. The van der Waals surface area contributed by atoms with Crippen LogP contribution in [0.3, 0.4) is 0 Å². The van der Waals surface area contributed by atoms with E-state index in [0.29, 0.717) is 29.7 Å². The van der Waals surface area contributed by atoms with Crippen molar-refractivity contribution in [2.24, 2.45) is 0 Å². The van der Waals surface area contributed by atoms with Gasteiger partial charge in [0.25, 0.3) is 0 Å². The van der Waals surface area contributed by atoms with Crippen molar-refractivity contribution in [3.05, 3.63) is 23.2 Å². The molecule has 0 saturated heterocycles. The average Bonchev–Trinajstić information content (AvgIpc) is 2.74. The van der Waals surface area contributed by atoms with Crippen LogP contribution in [0.25, 0.3) is 11.4 Å². The van der Waals surface area contributed by atoms with Gasteiger partial charge in [-0.05, 0) is 28.6 Å². The van der Waals surface area contributed by atoms with Gasteiger partial charge in [-0.2, -0.15) is 0 Å². The molecule has 0 unspecified atom stereocenters. The summed E-state index contributed by atoms with van der Waals surface area (Å²) in [4.78, 5) is 0. The fraction of sp³-hybridized carbons (Fsp3) is 0.300. The van der Waals surface area contributed by atoms with E-state index >= 15 is 0 Å². The summed E-state index contributed by atoms with van der Waals surface area (Å²) in [5, 5.41) is 12.1. The first-order chi connectivity index (χ1) is 8.22. The number of tetrazole rings is 1. The lowest BCUT2D eigenvalue weighted by atomic mass is 10.1. The fourth-order valence-corrected chi connectivity index (χ4v) is 1.64. The first kappa shape index (κ1) is 11.8. The van der Waals surface area contributed by atoms with Crippen LogP contribution >= 0.6 is 11.6 Å². The number of ether oxygens (including phenoxy) is 1. The maximum Gasteiger partial charge on any atom is 0.184 e. The van der Waals surface area contributed by atoms with Crippen LogP contribution in [0.4, 0.5) is 5.69 Å². The summed E-state index contributed by atoms with van der Waals surface area (Å²) in [5.74, 6) is 0.608. The smallest absolute Gasteiger partial charge is 0.184 e. The van der Waals surface area contributed by atoms with Gasteiger partial charge in [0, 0.05) is 23.4 Å². The van der Waals surface area contributed by atoms with Crippen molar-refractivity contribution >= 4 is 17.3 Å². The zero-order valence-electron chi connectivity index (χ0n) is 9.30. The van der Waals surface area contributed by atoms with Gasteiger partial charge in [-0.3, -0.25) is 0 Å². The van der Waals surface area contributed by atoms with Crippen molar-refractivity contribution in [1.29, 1.82) is 0 Å². The van der Waals surface area contributed by atoms with E-state index in [9.17, 15) is 0 Å². The van der Waals surface area contributed by atoms with Crippen molar-refractivity contribution < 1.29 is 4.74 Å². The molecule has 2 N–H and O–H groups in total. The molecule has 2 aromatic rings. The molecule has 2 rings (SSSR count). The normalized spacial score (nSPS) is 10.7. The predicted octanol–water partition coefficient (Wildman–Crippen LogP) is 1.22. The Hall–Kier alpha value is -1.66. The Bertz CT molecular complexity index is 513. The van der Waals surface area contributed by atoms with Crippen LogP contribution in [-0.2, 0) is 11.3 Å². The lowest BCUT2D eigenvalue weighted by Gasteiger charge is -2.06. The Kier molecular flexibility index (Phi) is 3.55. The molecule has 0 saturated carbocycles. The molecule has 6 nitrogen and oxygen atoms in total. The topological polar surface area (TPSA) is 78.8 Å². The van der Waals surface area contributed by atoms with E-state index in [-0.39, 0.29) is 0 Å². The van der Waals surface area contributed by atoms with E-state index in [0.717, 1.165) is 5.56 Å². The number of hydrogen-bond donors (Lipinski definition) is 1. The number of methoxy groups -OCH3 is 1. The van der Waals surface area contributed by atoms with E-state index in [4.69, 9.17) is 22.1 Å². The van der Waals surface area contributed by atoms with Crippen LogP contribution in [0.5, 0.6) is 0 Å². The zero-order chi connectivity index (χ0) is 12.3. The first-order valence-electron chi connectivity index (χ1n) is 5.03. The fourth-order valence-electron chi connectivity index (χ4n) is 1.46. The van der Waals surface area contributed by atoms with Gasteiger partial charge >= 0.3 is 0 Å². The molecule has 0 spiro atoms. The standard InChI is InChI=1S/C10H12ClN5O/c1-17-5-4-16-10(13-14-15-16)8-3-2-7(11)6-9(8)12/h2-3,6H,4-5,12H2,1H3. The molecule has 0 aliphatic heterocycles. The van der Waals surface area contributed by atoms with Gasteiger partial charge in [-0.15, -0.1) is 5.10 Å². The first-order valence-corrected chi connectivity index (χ1v) is 5.40. The van der Waals surface area contributed by atoms with Crippen LogP contribution in [-0.4, -0.2) is 33.9 Å². The predicted molar refractivity (Wildman–Crippen MR) is 64.6 cm³/mol. The number of nitrogen functional groups attached to an aromatic ring is 1. The maximum atomic E-state index is 5.89. The van der Waals surface area contributed by atoms with Crippen molar-refractivity contribution in [2.75, 3.05) is 19.5 Å². The van der Waals surface area contributed by atoms with Crippen LogP contribution in [0, 0.1) is 0 Å². The number of aromatic nitrogens is 4. The Balaban J connectivity index is 2.35. The van der Waals surface area contributed by atoms with Crippen LogP contribution in [0.2, 0.25) is 5.02 Å². The molecule has 0 radical (unpaired) electrons. The Morgan fingerprint density at radius 1 is 1.47 bits per heavy atom. The van der Waals surface area contributed by atoms with Gasteiger partial charge in [0.1, 0.15) is 0 Å². The molecule has 1 aromatic heterocycles. The third-order valence-corrected chi connectivity index (χ3v) is 2.53. The molecular formula is C10H12ClN5O. The third-order valence-electron chi connectivity index (χ3n) is 2.29. The molecule has 0 atom stereocenters. The average molecular weight is 254 g/mol. The van der Waals surface area contributed by atoms with Crippen molar-refractivity contribution in [2.45, 2.75) is 6.54 Å². The summed E-state index contributed by atoms with van der Waals surface area (Å²) < 4.78 is 6.63. The second kappa shape index (κ2) is 5.11. The summed E-state index contributed by atoms with van der Waals surface area (Å²) >= 11 is 5.84. The summed E-state index contributed by atoms with van der Waals surface area (Å²) in [5.41, 5.74) is 7.19. The molecule has 0 aliphatic carbocycles. The maximum absolute atomic E-state index is 5.89. The molecule has 0 amide bonds. The van der Waals surface area contributed by atoms with Crippen molar-refractivity contribution in [3.63, 3.8) is 0 Å². The highest BCUT2D eigenvalue weighted by atomic mass is 35.5. The van der Waals surface area contributed by atoms with Crippen molar-refractivity contribution in [1.82, 2.24) is 20.2 Å². The molecule has 1 heterocycles. The molecule has 0 aliphatic rings. The number of anilines is 1. The molecule has 17 heavy (non-hydrogen) atoms. The number of hydrogen-bond acceptors (Lipinski definition) is 5. The van der Waals surface area contributed by atoms with E-state index in [1.165, 1.54) is 0 Å². The highest BCUT2D eigenvalue weighted by molar-refractivity contribution is 6.31. The largest absolute Gasteiger partial charge is 0.398 e. The summed E-state index contributed by atoms with van der Waals surface area (Å²) in [7, 11) is 1.63. The van der Waals surface area contributed by atoms with E-state index < -0.39 is 0 Å². The minimum atomic E-state index is 0.533. The number of nitrogens with zero attached hydrogens (tertiary/aromatic N) is 4. The van der Waals surface area contributed by atoms with Crippen LogP contribution in [0.15, 0.2) is 18.2 Å². The summed E-state index contributed by atoms with van der Waals surface area (Å²) in [6.45, 7) is 1.10. The van der Waals surface area contributed by atoms with Gasteiger partial charge in [0.15, 0.2) is 5.82 Å². The molecule has 0 bridgehead atoms. The minimum absolute atomic E-state index is 0.533. The van der Waals surface area contributed by atoms with Gasteiger partial charge in [0.05, 0.1) is 13.2 Å². The summed E-state index contributed by atoms with van der Waals surface area (Å²) in [6, 6.07) is 5.22. The number of benzene rings is 1. The molecule has 7 heteroatoms. The minimum Gasteiger partial charge on any atom is -0.398 e. The van der Waals surface area contributed by atoms with Gasteiger partial charge in [-0.1, -0.05) is 11.6 Å². The molecular weight excluding hydrogens is 242 g/mol. The Labute approximate surface area is 103 Å². The van der Waals surface area contributed by atoms with Gasteiger partial charge in [-0.25, -0.2) is 4.68 Å². The molecule has 90 valence electrons. The number of rotatable bonds is 4. The molecule has 1 aromatic carbocycles. The highest BCUT2D eigenvalue weighted by Crippen LogP contribution is 2.26. The second-order valence-electron chi connectivity index (χ2n) is 3.45. The zero-order valence-corrected chi connectivity index (χ0v) is 10.1. The van der Waals surface area contributed by atoms with Crippen LogP contribution < -0.4 is 5.73 Å². The quantitative estimate of drug-likeness (QED) is 0.829. The Morgan fingerprint density at radius 3 is 3.00 bits per heavy atom. The molecule has 0 fully saturated rings. The number of halogens is 1. The lowest BCUT2D eigenvalue weighted by molar-refractivity contribution is 0.183. The monoisotopic (exact) mass is 253 g/mol. The van der Waals surface area contributed by atoms with E-state index in [1.54, 1.807) is 30.0 Å². The lowest BCUT2D eigenvalue weighted by Crippen LogP contribution is -2.08. The van der Waals surface area contributed by atoms with Gasteiger partial charge in [0.2, 0.25) is 0 Å². The van der Waals surface area contributed by atoms with Gasteiger partial charge < -0.3 is 10.5 Å². The third kappa shape index (κ3) is 2.54. The van der Waals surface area contributed by atoms with E-state index in [2.05, 4.69) is 15.5 Å². The highest BCUT2D eigenvalue weighted by Gasteiger charge is 2.11.